The Bertz CT molecular complexity index is 821. The highest BCUT2D eigenvalue weighted by Gasteiger charge is 2.62. The van der Waals surface area contributed by atoms with E-state index in [1.165, 1.54) is 19.1 Å². The molecule has 0 unspecified atom stereocenters. The fourth-order valence-electron chi connectivity index (χ4n) is 3.19. The summed E-state index contributed by atoms with van der Waals surface area (Å²) in [6.45, 7) is 0.742. The predicted molar refractivity (Wildman–Crippen MR) is 84.8 cm³/mol. The summed E-state index contributed by atoms with van der Waals surface area (Å²) >= 11 is 0. The van der Waals surface area contributed by atoms with Crippen LogP contribution in [0.1, 0.15) is 17.3 Å². The number of hydrogen-bond acceptors (Lipinski definition) is 8. The normalized spacial score (nSPS) is 27.7. The maximum Gasteiger partial charge on any atom is 0.338 e. The highest BCUT2D eigenvalue weighted by atomic mass is 16.6. The molecule has 0 amide bonds. The Morgan fingerprint density at radius 1 is 1.19 bits per heavy atom. The maximum absolute atomic E-state index is 12.8. The smallest absolute Gasteiger partial charge is 0.338 e. The van der Waals surface area contributed by atoms with Crippen molar-refractivity contribution in [2.45, 2.75) is 18.6 Å². The molecule has 0 aromatic heterocycles. The molecule has 1 N–H and O–H groups in total. The molecule has 1 saturated carbocycles. The number of cyclic esters (lactones) is 1. The van der Waals surface area contributed by atoms with E-state index in [0.717, 1.165) is 7.11 Å². The summed E-state index contributed by atoms with van der Waals surface area (Å²) in [7, 11) is 1.12. The van der Waals surface area contributed by atoms with E-state index >= 15 is 0 Å². The van der Waals surface area contributed by atoms with Crippen LogP contribution in [0.25, 0.3) is 0 Å². The quantitative estimate of drug-likeness (QED) is 0.600. The number of rotatable bonds is 3. The van der Waals surface area contributed by atoms with Gasteiger partial charge in [0.1, 0.15) is 18.1 Å². The largest absolute Gasteiger partial charge is 0.466 e. The summed E-state index contributed by atoms with van der Waals surface area (Å²) in [4.78, 5) is 49.1. The number of fused-ring (bicyclic) bond motifs is 1. The van der Waals surface area contributed by atoms with Crippen molar-refractivity contribution in [2.24, 2.45) is 5.92 Å². The topological polar surface area (TPSA) is 116 Å². The average Bonchev–Trinajstić information content (AvgIpc) is 2.83. The van der Waals surface area contributed by atoms with E-state index in [2.05, 4.69) is 4.74 Å². The number of carbonyl (C=O) groups is 4. The van der Waals surface area contributed by atoms with Crippen LogP contribution < -0.4 is 0 Å². The summed E-state index contributed by atoms with van der Waals surface area (Å²) < 4.78 is 14.7. The number of ether oxygens (including phenoxy) is 3. The zero-order chi connectivity index (χ0) is 19.1. The molecule has 0 saturated heterocycles. The van der Waals surface area contributed by atoms with Crippen LogP contribution >= 0.6 is 0 Å². The number of esters is 3. The first-order chi connectivity index (χ1) is 12.3. The maximum atomic E-state index is 12.8. The highest BCUT2D eigenvalue weighted by Crippen LogP contribution is 2.44. The minimum Gasteiger partial charge on any atom is -0.466 e. The molecule has 1 aromatic carbocycles. The molecule has 0 radical (unpaired) electrons. The molecule has 1 heterocycles. The molecule has 136 valence electrons. The van der Waals surface area contributed by atoms with E-state index < -0.39 is 47.9 Å². The van der Waals surface area contributed by atoms with E-state index in [1.807, 2.05) is 0 Å². The highest BCUT2D eigenvalue weighted by molar-refractivity contribution is 6.15. The van der Waals surface area contributed by atoms with E-state index in [-0.39, 0.29) is 16.7 Å². The Hall–Kier alpha value is -3.00. The molecule has 26 heavy (non-hydrogen) atoms. The Morgan fingerprint density at radius 2 is 1.85 bits per heavy atom. The van der Waals surface area contributed by atoms with E-state index in [0.29, 0.717) is 0 Å². The van der Waals surface area contributed by atoms with Crippen LogP contribution in [0.5, 0.6) is 0 Å². The lowest BCUT2D eigenvalue weighted by molar-refractivity contribution is -0.160. The van der Waals surface area contributed by atoms with Crippen molar-refractivity contribution < 1.29 is 38.5 Å². The number of aliphatic hydroxyl groups is 1. The fraction of sp³-hybridized carbons (Fsp3) is 0.333. The molecule has 1 aromatic rings. The zero-order valence-electron chi connectivity index (χ0n) is 14.1. The lowest BCUT2D eigenvalue weighted by Gasteiger charge is -2.30. The number of ketones is 1. The molecule has 3 atom stereocenters. The minimum atomic E-state index is -2.06. The summed E-state index contributed by atoms with van der Waals surface area (Å²) in [6, 6.07) is 7.89. The lowest BCUT2D eigenvalue weighted by atomic mass is 9.86. The second-order valence-electron chi connectivity index (χ2n) is 6.17. The van der Waals surface area contributed by atoms with E-state index in [1.54, 1.807) is 18.2 Å². The van der Waals surface area contributed by atoms with Crippen LogP contribution in [0, 0.1) is 5.92 Å². The van der Waals surface area contributed by atoms with E-state index in [4.69, 9.17) is 9.47 Å². The van der Waals surface area contributed by atoms with Gasteiger partial charge in [-0.2, -0.15) is 0 Å². The number of Topliss-reactive ketones (excluding diaryl/α,β-unsaturated/α-hetero) is 1. The summed E-state index contributed by atoms with van der Waals surface area (Å²) in [5.74, 6) is -4.81. The van der Waals surface area contributed by atoms with Crippen molar-refractivity contribution in [3.8, 4) is 0 Å². The molecule has 8 heteroatoms. The van der Waals surface area contributed by atoms with Crippen LogP contribution in [0.2, 0.25) is 0 Å². The molecule has 8 nitrogen and oxygen atoms in total. The third-order valence-electron chi connectivity index (χ3n) is 4.49. The Balaban J connectivity index is 2.01. The van der Waals surface area contributed by atoms with Crippen molar-refractivity contribution in [3.05, 3.63) is 47.0 Å². The molecule has 1 aliphatic heterocycles. The van der Waals surface area contributed by atoms with Crippen LogP contribution in [-0.2, 0) is 28.6 Å². The van der Waals surface area contributed by atoms with Gasteiger partial charge < -0.3 is 19.3 Å². The van der Waals surface area contributed by atoms with Crippen molar-refractivity contribution in [1.29, 1.82) is 0 Å². The van der Waals surface area contributed by atoms with Crippen molar-refractivity contribution >= 4 is 23.7 Å². The molecular formula is C18H16O8. The van der Waals surface area contributed by atoms with Gasteiger partial charge in [0.25, 0.3) is 0 Å². The molecule has 3 rings (SSSR count). The summed E-state index contributed by atoms with van der Waals surface area (Å²) in [5, 5.41) is 10.8. The molecule has 0 spiro atoms. The van der Waals surface area contributed by atoms with Crippen molar-refractivity contribution in [1.82, 2.24) is 0 Å². The number of hydrogen-bond donors (Lipinski definition) is 1. The van der Waals surface area contributed by atoms with Gasteiger partial charge in [-0.1, -0.05) is 18.2 Å². The second-order valence-corrected chi connectivity index (χ2v) is 6.17. The number of benzene rings is 1. The molecule has 1 fully saturated rings. The van der Waals surface area contributed by atoms with Crippen LogP contribution in [0.3, 0.4) is 0 Å². The standard InChI is InChI=1S/C18H16O8/c1-18(23)12-11(10(16(21)24-2)8-25-17(12)22)13(19)14(18)26-15(20)9-6-4-3-5-7-9/h3-7,12,14,23H,8H2,1-2H3/t12-,14+,18-/m1/s1. The van der Waals surface area contributed by atoms with Gasteiger partial charge in [0, 0.05) is 5.57 Å². The number of methoxy groups -OCH3 is 1. The first-order valence-electron chi connectivity index (χ1n) is 7.79. The lowest BCUT2D eigenvalue weighted by Crippen LogP contribution is -2.48. The third kappa shape index (κ3) is 2.68. The van der Waals surface area contributed by atoms with Gasteiger partial charge in [0.15, 0.2) is 6.10 Å². The van der Waals surface area contributed by atoms with Crippen molar-refractivity contribution in [3.63, 3.8) is 0 Å². The molecular weight excluding hydrogens is 344 g/mol. The monoisotopic (exact) mass is 360 g/mol. The average molecular weight is 360 g/mol. The first kappa shape index (κ1) is 17.8. The minimum absolute atomic E-state index is 0.166. The fourth-order valence-corrected chi connectivity index (χ4v) is 3.19. The van der Waals surface area contributed by atoms with Gasteiger partial charge in [-0.25, -0.2) is 9.59 Å². The van der Waals surface area contributed by atoms with Gasteiger partial charge in [0.05, 0.1) is 18.2 Å². The Morgan fingerprint density at radius 3 is 2.46 bits per heavy atom. The zero-order valence-corrected chi connectivity index (χ0v) is 14.1. The molecule has 0 bridgehead atoms. The first-order valence-corrected chi connectivity index (χ1v) is 7.79. The van der Waals surface area contributed by atoms with Gasteiger partial charge in [-0.15, -0.1) is 0 Å². The van der Waals surface area contributed by atoms with Crippen LogP contribution in [-0.4, -0.2) is 54.2 Å². The third-order valence-corrected chi connectivity index (χ3v) is 4.49. The van der Waals surface area contributed by atoms with Crippen LogP contribution in [0.4, 0.5) is 0 Å². The number of carbonyl (C=O) groups excluding carboxylic acids is 4. The summed E-state index contributed by atoms with van der Waals surface area (Å²) in [6.07, 6.45) is -1.65. The molecule has 1 aliphatic carbocycles. The Kier molecular flexibility index (Phi) is 4.37. The van der Waals surface area contributed by atoms with Crippen molar-refractivity contribution in [2.75, 3.05) is 13.7 Å². The van der Waals surface area contributed by atoms with Gasteiger partial charge in [-0.3, -0.25) is 9.59 Å². The second kappa shape index (κ2) is 6.38. The SMILES string of the molecule is COC(=O)C1=C2C(=O)[C@H](OC(=O)c3ccccc3)[C@](C)(O)[C@H]2C(=O)OC1. The predicted octanol–water partition coefficient (Wildman–Crippen LogP) is 0.188. The molecule has 2 aliphatic rings. The van der Waals surface area contributed by atoms with Gasteiger partial charge in [-0.05, 0) is 19.1 Å². The van der Waals surface area contributed by atoms with Gasteiger partial charge >= 0.3 is 17.9 Å². The van der Waals surface area contributed by atoms with Gasteiger partial charge in [0.2, 0.25) is 5.78 Å². The van der Waals surface area contributed by atoms with E-state index in [9.17, 15) is 24.3 Å². The summed E-state index contributed by atoms with van der Waals surface area (Å²) in [5.41, 5.74) is -2.28. The van der Waals surface area contributed by atoms with Crippen LogP contribution in [0.15, 0.2) is 41.5 Å². The Labute approximate surface area is 148 Å².